The lowest BCUT2D eigenvalue weighted by Crippen LogP contribution is -2.40. The van der Waals surface area contributed by atoms with Crippen molar-refractivity contribution in [1.82, 2.24) is 10.6 Å². The van der Waals surface area contributed by atoms with Gasteiger partial charge in [-0.25, -0.2) is 0 Å². The first-order chi connectivity index (χ1) is 10.7. The smallest absolute Gasteiger partial charge is 0.241 e. The number of hydrogen-bond donors (Lipinski definition) is 2. The van der Waals surface area contributed by atoms with Crippen LogP contribution in [0.15, 0.2) is 47.7 Å². The van der Waals surface area contributed by atoms with E-state index in [9.17, 15) is 9.59 Å². The van der Waals surface area contributed by atoms with Crippen molar-refractivity contribution >= 4 is 11.7 Å². The Kier molecular flexibility index (Phi) is 5.90. The number of nitrogens with one attached hydrogen (secondary N) is 2. The number of Topliss-reactive ketones (excluding diaryl/α,β-unsaturated/α-hetero) is 1. The van der Waals surface area contributed by atoms with Crippen LogP contribution >= 0.6 is 0 Å². The second-order valence-electron chi connectivity index (χ2n) is 5.61. The van der Waals surface area contributed by atoms with Crippen LogP contribution in [0.5, 0.6) is 0 Å². The molecule has 1 aliphatic heterocycles. The quantitative estimate of drug-likeness (QED) is 0.585. The zero-order chi connectivity index (χ0) is 15.9. The second kappa shape index (κ2) is 7.90. The minimum absolute atomic E-state index is 0.0152. The van der Waals surface area contributed by atoms with Crippen LogP contribution in [0.4, 0.5) is 0 Å². The average molecular weight is 300 g/mol. The Morgan fingerprint density at radius 3 is 2.95 bits per heavy atom. The van der Waals surface area contributed by atoms with Crippen LogP contribution in [-0.2, 0) is 9.59 Å². The lowest BCUT2D eigenvalue weighted by Gasteiger charge is -2.19. The van der Waals surface area contributed by atoms with E-state index in [-0.39, 0.29) is 17.7 Å². The van der Waals surface area contributed by atoms with Gasteiger partial charge in [-0.15, -0.1) is 6.58 Å². The molecule has 1 fully saturated rings. The highest BCUT2D eigenvalue weighted by Gasteiger charge is 2.25. The van der Waals surface area contributed by atoms with Crippen LogP contribution in [0.25, 0.3) is 0 Å². The lowest BCUT2D eigenvalue weighted by atomic mass is 9.92. The van der Waals surface area contributed by atoms with Gasteiger partial charge in [-0.05, 0) is 57.2 Å². The molecule has 1 heterocycles. The first kappa shape index (κ1) is 16.4. The molecule has 1 saturated heterocycles. The summed E-state index contributed by atoms with van der Waals surface area (Å²) in [5.41, 5.74) is 2.08. The highest BCUT2D eigenvalue weighted by Crippen LogP contribution is 2.23. The van der Waals surface area contributed by atoms with Gasteiger partial charge in [-0.3, -0.25) is 9.59 Å². The maximum absolute atomic E-state index is 12.7. The second-order valence-corrected chi connectivity index (χ2v) is 5.61. The number of amides is 1. The van der Waals surface area contributed by atoms with Gasteiger partial charge in [0.2, 0.25) is 5.91 Å². The maximum atomic E-state index is 12.7. The molecule has 118 valence electrons. The number of carbonyl (C=O) groups excluding carboxylic acids is 2. The summed E-state index contributed by atoms with van der Waals surface area (Å²) >= 11 is 0. The molecule has 1 unspecified atom stereocenters. The van der Waals surface area contributed by atoms with Crippen LogP contribution in [0, 0.1) is 0 Å². The Hall–Kier alpha value is -1.94. The molecule has 1 amide bonds. The molecule has 0 spiro atoms. The normalized spacial score (nSPS) is 21.9. The molecular weight excluding hydrogens is 276 g/mol. The monoisotopic (exact) mass is 300 g/mol. The summed E-state index contributed by atoms with van der Waals surface area (Å²) in [6, 6.07) is -0.145. The van der Waals surface area contributed by atoms with Gasteiger partial charge in [0, 0.05) is 11.3 Å². The minimum Gasteiger partial charge on any atom is -0.324 e. The summed E-state index contributed by atoms with van der Waals surface area (Å²) in [4.78, 5) is 24.9. The van der Waals surface area contributed by atoms with Crippen LogP contribution < -0.4 is 10.6 Å². The fourth-order valence-corrected chi connectivity index (χ4v) is 2.84. The van der Waals surface area contributed by atoms with E-state index in [1.54, 1.807) is 6.08 Å². The number of rotatable bonds is 6. The summed E-state index contributed by atoms with van der Waals surface area (Å²) in [5, 5.41) is 6.11. The number of carbonyl (C=O) groups is 2. The minimum atomic E-state index is -0.145. The number of allylic oxidation sites excluding steroid dienone is 6. The SMILES string of the molecule is C=CC/C(=C\C)C(=O)C1=C(NC(=O)C2CCCN2)C=CCC1. The predicted octanol–water partition coefficient (Wildman–Crippen LogP) is 2.55. The first-order valence-electron chi connectivity index (χ1n) is 7.92. The molecule has 0 aromatic heterocycles. The molecule has 0 aromatic carbocycles. The number of hydrogen-bond acceptors (Lipinski definition) is 3. The van der Waals surface area contributed by atoms with E-state index >= 15 is 0 Å². The summed E-state index contributed by atoms with van der Waals surface area (Å²) in [6.07, 6.45) is 11.3. The highest BCUT2D eigenvalue weighted by molar-refractivity contribution is 6.09. The zero-order valence-electron chi connectivity index (χ0n) is 13.2. The Morgan fingerprint density at radius 2 is 2.32 bits per heavy atom. The fraction of sp³-hybridized carbons (Fsp3) is 0.444. The molecule has 0 bridgehead atoms. The number of ketones is 1. The molecular formula is C18H24N2O2. The third-order valence-corrected chi connectivity index (χ3v) is 4.08. The van der Waals surface area contributed by atoms with E-state index in [0.29, 0.717) is 24.1 Å². The average Bonchev–Trinajstić information content (AvgIpc) is 3.07. The molecule has 1 aliphatic carbocycles. The van der Waals surface area contributed by atoms with Crippen molar-refractivity contribution in [2.75, 3.05) is 6.54 Å². The van der Waals surface area contributed by atoms with E-state index in [1.165, 1.54) is 0 Å². The van der Waals surface area contributed by atoms with Crippen molar-refractivity contribution in [2.45, 2.75) is 45.1 Å². The molecule has 0 saturated carbocycles. The van der Waals surface area contributed by atoms with Crippen LogP contribution in [0.1, 0.15) is 39.0 Å². The molecule has 22 heavy (non-hydrogen) atoms. The fourth-order valence-electron chi connectivity index (χ4n) is 2.84. The van der Waals surface area contributed by atoms with Crippen molar-refractivity contribution in [3.63, 3.8) is 0 Å². The van der Waals surface area contributed by atoms with Gasteiger partial charge >= 0.3 is 0 Å². The topological polar surface area (TPSA) is 58.2 Å². The molecule has 2 rings (SSSR count). The van der Waals surface area contributed by atoms with Gasteiger partial charge in [0.05, 0.1) is 6.04 Å². The molecule has 1 atom stereocenters. The molecule has 2 N–H and O–H groups in total. The van der Waals surface area contributed by atoms with Crippen molar-refractivity contribution in [3.8, 4) is 0 Å². The molecule has 0 aromatic rings. The van der Waals surface area contributed by atoms with Gasteiger partial charge in [-0.2, -0.15) is 0 Å². The predicted molar refractivity (Wildman–Crippen MR) is 88.1 cm³/mol. The van der Waals surface area contributed by atoms with E-state index in [0.717, 1.165) is 31.4 Å². The third-order valence-electron chi connectivity index (χ3n) is 4.08. The van der Waals surface area contributed by atoms with Crippen molar-refractivity contribution in [2.24, 2.45) is 0 Å². The largest absolute Gasteiger partial charge is 0.324 e. The van der Waals surface area contributed by atoms with Crippen molar-refractivity contribution in [3.05, 3.63) is 47.7 Å². The van der Waals surface area contributed by atoms with Gasteiger partial charge in [0.15, 0.2) is 5.78 Å². The van der Waals surface area contributed by atoms with Gasteiger partial charge < -0.3 is 10.6 Å². The van der Waals surface area contributed by atoms with Gasteiger partial charge in [-0.1, -0.05) is 18.2 Å². The molecule has 4 nitrogen and oxygen atoms in total. The summed E-state index contributed by atoms with van der Waals surface area (Å²) in [7, 11) is 0. The Balaban J connectivity index is 2.18. The zero-order valence-corrected chi connectivity index (χ0v) is 13.2. The van der Waals surface area contributed by atoms with Crippen LogP contribution in [0.3, 0.4) is 0 Å². The van der Waals surface area contributed by atoms with E-state index < -0.39 is 0 Å². The Morgan fingerprint density at radius 1 is 1.50 bits per heavy atom. The first-order valence-corrected chi connectivity index (χ1v) is 7.92. The van der Waals surface area contributed by atoms with Gasteiger partial charge in [0.1, 0.15) is 0 Å². The maximum Gasteiger partial charge on any atom is 0.241 e. The van der Waals surface area contributed by atoms with Crippen LogP contribution in [0.2, 0.25) is 0 Å². The summed E-state index contributed by atoms with van der Waals surface area (Å²) in [5.74, 6) is -0.0310. The highest BCUT2D eigenvalue weighted by atomic mass is 16.2. The molecule has 2 aliphatic rings. The standard InChI is InChI=1S/C18H24N2O2/c1-3-8-13(4-2)17(21)14-9-5-6-10-15(14)20-18(22)16-11-7-12-19-16/h3-4,6,10,16,19H,1,5,7-9,11-12H2,2H3,(H,20,22)/b13-4+. The third kappa shape index (κ3) is 3.83. The van der Waals surface area contributed by atoms with Crippen LogP contribution in [-0.4, -0.2) is 24.3 Å². The Labute approximate surface area is 132 Å². The van der Waals surface area contributed by atoms with E-state index in [2.05, 4.69) is 17.2 Å². The van der Waals surface area contributed by atoms with E-state index in [1.807, 2.05) is 25.2 Å². The Bertz CT molecular complexity index is 549. The molecule has 4 heteroatoms. The van der Waals surface area contributed by atoms with Crippen molar-refractivity contribution < 1.29 is 9.59 Å². The summed E-state index contributed by atoms with van der Waals surface area (Å²) in [6.45, 7) is 6.43. The van der Waals surface area contributed by atoms with Crippen molar-refractivity contribution in [1.29, 1.82) is 0 Å². The summed E-state index contributed by atoms with van der Waals surface area (Å²) < 4.78 is 0. The molecule has 0 radical (unpaired) electrons. The van der Waals surface area contributed by atoms with E-state index in [4.69, 9.17) is 0 Å². The lowest BCUT2D eigenvalue weighted by molar-refractivity contribution is -0.122. The van der Waals surface area contributed by atoms with Gasteiger partial charge in [0.25, 0.3) is 0 Å².